The third kappa shape index (κ3) is 2.01. The first-order valence-electron chi connectivity index (χ1n) is 7.64. The van der Waals surface area contributed by atoms with Gasteiger partial charge in [-0.25, -0.2) is 0 Å². The van der Waals surface area contributed by atoms with Crippen molar-refractivity contribution in [3.8, 4) is 0 Å². The third-order valence-electron chi connectivity index (χ3n) is 4.65. The topological polar surface area (TPSA) is 0 Å². The Morgan fingerprint density at radius 3 is 1.13 bits per heavy atom. The standard InChI is InChI=1S/C22H14.H2S/c1-3-7-17-15(5-1)9-11-21-19(17)13-14-20-18-8-4-2-6-16(18)10-12-22(20)21;/h1-14H;1H2. The van der Waals surface area contributed by atoms with Crippen LogP contribution in [0.3, 0.4) is 0 Å². The molecule has 0 aliphatic carbocycles. The van der Waals surface area contributed by atoms with Gasteiger partial charge in [-0.3, -0.25) is 0 Å². The summed E-state index contributed by atoms with van der Waals surface area (Å²) in [5, 5.41) is 10.6. The Balaban J connectivity index is 0.00000135. The van der Waals surface area contributed by atoms with Crippen molar-refractivity contribution in [2.75, 3.05) is 0 Å². The maximum absolute atomic E-state index is 2.27. The molecule has 0 aromatic heterocycles. The second-order valence-electron chi connectivity index (χ2n) is 5.83. The quantitative estimate of drug-likeness (QED) is 0.290. The molecule has 0 heterocycles. The highest BCUT2D eigenvalue weighted by Gasteiger charge is 2.06. The average Bonchev–Trinajstić information content (AvgIpc) is 2.60. The van der Waals surface area contributed by atoms with Gasteiger partial charge >= 0.3 is 0 Å². The summed E-state index contributed by atoms with van der Waals surface area (Å²) in [4.78, 5) is 0. The van der Waals surface area contributed by atoms with Crippen LogP contribution in [0.4, 0.5) is 0 Å². The predicted octanol–water partition coefficient (Wildman–Crippen LogP) is 6.41. The Bertz CT molecular complexity index is 1080. The first-order valence-corrected chi connectivity index (χ1v) is 7.64. The molecule has 23 heavy (non-hydrogen) atoms. The minimum Gasteiger partial charge on any atom is -0.197 e. The zero-order valence-corrected chi connectivity index (χ0v) is 13.6. The number of rotatable bonds is 0. The fraction of sp³-hybridized carbons (Fsp3) is 0. The summed E-state index contributed by atoms with van der Waals surface area (Å²) in [5.41, 5.74) is 0. The van der Waals surface area contributed by atoms with Crippen LogP contribution in [0.25, 0.3) is 43.1 Å². The van der Waals surface area contributed by atoms with Gasteiger partial charge in [0.2, 0.25) is 0 Å². The number of hydrogen-bond acceptors (Lipinski definition) is 0. The molecule has 0 aliphatic heterocycles. The molecule has 0 atom stereocenters. The fourth-order valence-electron chi connectivity index (χ4n) is 3.59. The van der Waals surface area contributed by atoms with Crippen LogP contribution in [0.15, 0.2) is 84.9 Å². The van der Waals surface area contributed by atoms with E-state index in [1.165, 1.54) is 43.1 Å². The SMILES string of the molecule is S.c1ccc2c(c1)ccc1c2ccc2c3ccccc3ccc21. The molecule has 1 heteroatoms. The molecule has 110 valence electrons. The Labute approximate surface area is 141 Å². The van der Waals surface area contributed by atoms with E-state index >= 15 is 0 Å². The van der Waals surface area contributed by atoms with Crippen LogP contribution >= 0.6 is 13.5 Å². The van der Waals surface area contributed by atoms with E-state index in [9.17, 15) is 0 Å². The lowest BCUT2D eigenvalue weighted by Crippen LogP contribution is -1.82. The van der Waals surface area contributed by atoms with Gasteiger partial charge in [0, 0.05) is 0 Å². The molecule has 0 saturated heterocycles. The molecule has 0 fully saturated rings. The first kappa shape index (κ1) is 14.1. The van der Waals surface area contributed by atoms with Crippen LogP contribution in [0.5, 0.6) is 0 Å². The van der Waals surface area contributed by atoms with Crippen LogP contribution in [0.2, 0.25) is 0 Å². The van der Waals surface area contributed by atoms with Gasteiger partial charge in [0.25, 0.3) is 0 Å². The minimum atomic E-state index is 0. The van der Waals surface area contributed by atoms with Gasteiger partial charge in [0.05, 0.1) is 0 Å². The summed E-state index contributed by atoms with van der Waals surface area (Å²) >= 11 is 0. The van der Waals surface area contributed by atoms with Gasteiger partial charge in [-0.15, -0.1) is 0 Å². The molecule has 5 aromatic carbocycles. The fourth-order valence-corrected chi connectivity index (χ4v) is 3.59. The lowest BCUT2D eigenvalue weighted by atomic mass is 9.94. The highest BCUT2D eigenvalue weighted by molar-refractivity contribution is 7.59. The van der Waals surface area contributed by atoms with E-state index in [1.54, 1.807) is 0 Å². The maximum Gasteiger partial charge on any atom is -0.00987 e. The smallest absolute Gasteiger partial charge is 0.00987 e. The lowest BCUT2D eigenvalue weighted by molar-refractivity contribution is 1.78. The van der Waals surface area contributed by atoms with Gasteiger partial charge in [-0.05, 0) is 43.1 Å². The molecule has 0 amide bonds. The van der Waals surface area contributed by atoms with E-state index in [0.717, 1.165) is 0 Å². The zero-order chi connectivity index (χ0) is 14.5. The van der Waals surface area contributed by atoms with Crippen LogP contribution in [-0.2, 0) is 0 Å². The second-order valence-corrected chi connectivity index (χ2v) is 5.83. The highest BCUT2D eigenvalue weighted by Crippen LogP contribution is 2.34. The summed E-state index contributed by atoms with van der Waals surface area (Å²) in [7, 11) is 0. The van der Waals surface area contributed by atoms with Crippen molar-refractivity contribution in [2.24, 2.45) is 0 Å². The molecule has 0 aliphatic rings. The van der Waals surface area contributed by atoms with E-state index in [4.69, 9.17) is 0 Å². The van der Waals surface area contributed by atoms with Crippen LogP contribution in [-0.4, -0.2) is 0 Å². The van der Waals surface area contributed by atoms with Crippen molar-refractivity contribution >= 4 is 56.6 Å². The Kier molecular flexibility index (Phi) is 3.24. The Morgan fingerprint density at radius 1 is 0.304 bits per heavy atom. The summed E-state index contributed by atoms with van der Waals surface area (Å²) in [5.74, 6) is 0. The number of benzene rings is 5. The molecular weight excluding hydrogens is 296 g/mol. The highest BCUT2D eigenvalue weighted by atomic mass is 32.1. The van der Waals surface area contributed by atoms with Crippen molar-refractivity contribution in [3.63, 3.8) is 0 Å². The molecule has 5 rings (SSSR count). The normalized spacial score (nSPS) is 11.1. The summed E-state index contributed by atoms with van der Waals surface area (Å²) < 4.78 is 0. The molecule has 0 unspecified atom stereocenters. The van der Waals surface area contributed by atoms with E-state index in [0.29, 0.717) is 0 Å². The van der Waals surface area contributed by atoms with E-state index < -0.39 is 0 Å². The van der Waals surface area contributed by atoms with Crippen molar-refractivity contribution in [3.05, 3.63) is 84.9 Å². The summed E-state index contributed by atoms with van der Waals surface area (Å²) in [6.07, 6.45) is 0. The van der Waals surface area contributed by atoms with Crippen molar-refractivity contribution in [1.82, 2.24) is 0 Å². The average molecular weight is 312 g/mol. The predicted molar refractivity (Wildman–Crippen MR) is 107 cm³/mol. The zero-order valence-electron chi connectivity index (χ0n) is 12.6. The molecular formula is C22H16S. The Morgan fingerprint density at radius 2 is 0.652 bits per heavy atom. The largest absolute Gasteiger partial charge is 0.197 e. The van der Waals surface area contributed by atoms with Gasteiger partial charge in [0.1, 0.15) is 0 Å². The summed E-state index contributed by atoms with van der Waals surface area (Å²) in [6, 6.07) is 30.7. The molecule has 0 N–H and O–H groups in total. The van der Waals surface area contributed by atoms with Gasteiger partial charge < -0.3 is 0 Å². The maximum atomic E-state index is 2.27. The molecule has 0 spiro atoms. The van der Waals surface area contributed by atoms with Crippen molar-refractivity contribution in [1.29, 1.82) is 0 Å². The summed E-state index contributed by atoms with van der Waals surface area (Å²) in [6.45, 7) is 0. The van der Waals surface area contributed by atoms with Crippen LogP contribution in [0, 0.1) is 0 Å². The van der Waals surface area contributed by atoms with Crippen LogP contribution in [0.1, 0.15) is 0 Å². The molecule has 0 saturated carbocycles. The van der Waals surface area contributed by atoms with Crippen molar-refractivity contribution in [2.45, 2.75) is 0 Å². The monoisotopic (exact) mass is 312 g/mol. The number of fused-ring (bicyclic) bond motifs is 7. The molecule has 0 bridgehead atoms. The molecule has 5 aromatic rings. The molecule has 0 radical (unpaired) electrons. The van der Waals surface area contributed by atoms with E-state index in [1.807, 2.05) is 0 Å². The Hall–Kier alpha value is -2.51. The minimum absolute atomic E-state index is 0. The van der Waals surface area contributed by atoms with Gasteiger partial charge in [0.15, 0.2) is 0 Å². The number of hydrogen-bond donors (Lipinski definition) is 0. The van der Waals surface area contributed by atoms with Crippen LogP contribution < -0.4 is 0 Å². The van der Waals surface area contributed by atoms with Gasteiger partial charge in [-0.2, -0.15) is 13.5 Å². The second kappa shape index (κ2) is 5.29. The lowest BCUT2D eigenvalue weighted by Gasteiger charge is -2.09. The third-order valence-corrected chi connectivity index (χ3v) is 4.65. The molecule has 0 nitrogen and oxygen atoms in total. The first-order chi connectivity index (χ1) is 10.9. The van der Waals surface area contributed by atoms with Gasteiger partial charge in [-0.1, -0.05) is 84.9 Å². The van der Waals surface area contributed by atoms with Crippen molar-refractivity contribution < 1.29 is 0 Å². The van der Waals surface area contributed by atoms with E-state index in [2.05, 4.69) is 84.9 Å². The van der Waals surface area contributed by atoms with E-state index in [-0.39, 0.29) is 13.5 Å².